The second-order valence-corrected chi connectivity index (χ2v) is 8.37. The lowest BCUT2D eigenvalue weighted by Gasteiger charge is -2.33. The number of nitrogen functional groups attached to an aromatic ring is 1. The van der Waals surface area contributed by atoms with Crippen LogP contribution in [-0.4, -0.2) is 47.0 Å². The Bertz CT molecular complexity index is 1250. The molecule has 9 nitrogen and oxygen atoms in total. The number of aromatic nitrogens is 2. The fourth-order valence-corrected chi connectivity index (χ4v) is 4.26. The molecule has 0 atom stereocenters. The first-order valence-corrected chi connectivity index (χ1v) is 10.8. The van der Waals surface area contributed by atoms with Crippen LogP contribution < -0.4 is 21.1 Å². The summed E-state index contributed by atoms with van der Waals surface area (Å²) < 4.78 is 26.1. The van der Waals surface area contributed by atoms with E-state index in [0.717, 1.165) is 11.3 Å². The number of halogens is 1. The van der Waals surface area contributed by atoms with Crippen LogP contribution in [0.4, 0.5) is 26.4 Å². The molecule has 1 amide bonds. The van der Waals surface area contributed by atoms with Crippen LogP contribution in [0.3, 0.4) is 0 Å². The van der Waals surface area contributed by atoms with Crippen LogP contribution in [0.1, 0.15) is 18.4 Å². The zero-order chi connectivity index (χ0) is 23.1. The van der Waals surface area contributed by atoms with Gasteiger partial charge >= 0.3 is 6.09 Å². The second-order valence-electron chi connectivity index (χ2n) is 8.37. The van der Waals surface area contributed by atoms with E-state index in [4.69, 9.17) is 20.3 Å². The number of rotatable bonds is 4. The number of carbonyl (C=O) groups is 1. The SMILES string of the molecule is Cc1c(-c2cc3cc(NC(=O)O[C@H]4C[C@@H](CO)C4)ncc3c(N)c2F)cnc2c1NCCO2. The molecule has 0 spiro atoms. The van der Waals surface area contributed by atoms with Gasteiger partial charge in [-0.05, 0) is 48.8 Å². The molecule has 0 unspecified atom stereocenters. The molecule has 5 N–H and O–H groups in total. The normalized spacial score (nSPS) is 19.1. The lowest BCUT2D eigenvalue weighted by atomic mass is 9.83. The number of amides is 1. The monoisotopic (exact) mass is 453 g/mol. The van der Waals surface area contributed by atoms with Gasteiger partial charge in [-0.3, -0.25) is 5.32 Å². The smallest absolute Gasteiger partial charge is 0.413 e. The maximum atomic E-state index is 15.2. The summed E-state index contributed by atoms with van der Waals surface area (Å²) in [6.45, 7) is 3.12. The van der Waals surface area contributed by atoms with Crippen molar-refractivity contribution in [2.45, 2.75) is 25.9 Å². The minimum absolute atomic E-state index is 0.0324. The maximum absolute atomic E-state index is 15.2. The van der Waals surface area contributed by atoms with Gasteiger partial charge in [0.1, 0.15) is 24.2 Å². The molecule has 1 aromatic carbocycles. The topological polar surface area (TPSA) is 132 Å². The third-order valence-electron chi connectivity index (χ3n) is 6.19. The van der Waals surface area contributed by atoms with Crippen molar-refractivity contribution in [3.8, 4) is 17.0 Å². The summed E-state index contributed by atoms with van der Waals surface area (Å²) in [4.78, 5) is 20.7. The average molecular weight is 453 g/mol. The lowest BCUT2D eigenvalue weighted by Crippen LogP contribution is -2.36. The number of ether oxygens (including phenoxy) is 2. The first kappa shape index (κ1) is 21.2. The highest BCUT2D eigenvalue weighted by molar-refractivity contribution is 5.99. The summed E-state index contributed by atoms with van der Waals surface area (Å²) in [5.41, 5.74) is 8.49. The Morgan fingerprint density at radius 3 is 2.94 bits per heavy atom. The van der Waals surface area contributed by atoms with Crippen LogP contribution in [0.2, 0.25) is 0 Å². The molecular weight excluding hydrogens is 429 g/mol. The predicted octanol–water partition coefficient (Wildman–Crippen LogP) is 3.45. The molecule has 172 valence electrons. The van der Waals surface area contributed by atoms with Crippen LogP contribution in [-0.2, 0) is 4.74 Å². The number of nitrogens with one attached hydrogen (secondary N) is 2. The van der Waals surface area contributed by atoms with Crippen LogP contribution >= 0.6 is 0 Å². The van der Waals surface area contributed by atoms with E-state index < -0.39 is 11.9 Å². The van der Waals surface area contributed by atoms with E-state index in [0.29, 0.717) is 53.8 Å². The molecule has 0 bridgehead atoms. The van der Waals surface area contributed by atoms with Gasteiger partial charge in [0.15, 0.2) is 5.82 Å². The quantitative estimate of drug-likeness (QED) is 0.442. The summed E-state index contributed by atoms with van der Waals surface area (Å²) >= 11 is 0. The van der Waals surface area contributed by atoms with Gasteiger partial charge in [0.05, 0.1) is 5.69 Å². The third kappa shape index (κ3) is 3.86. The van der Waals surface area contributed by atoms with Gasteiger partial charge in [0.25, 0.3) is 0 Å². The molecule has 1 saturated carbocycles. The van der Waals surface area contributed by atoms with Crippen molar-refractivity contribution < 1.29 is 23.8 Å². The van der Waals surface area contributed by atoms with Gasteiger partial charge in [-0.2, -0.15) is 0 Å². The van der Waals surface area contributed by atoms with Crippen molar-refractivity contribution in [1.29, 1.82) is 0 Å². The molecule has 0 saturated heterocycles. The van der Waals surface area contributed by atoms with Crippen LogP contribution in [0.25, 0.3) is 21.9 Å². The Morgan fingerprint density at radius 1 is 1.33 bits per heavy atom. The van der Waals surface area contributed by atoms with E-state index in [1.54, 1.807) is 18.3 Å². The van der Waals surface area contributed by atoms with E-state index in [9.17, 15) is 4.79 Å². The first-order valence-electron chi connectivity index (χ1n) is 10.8. The number of hydrogen-bond acceptors (Lipinski definition) is 8. The van der Waals surface area contributed by atoms with Gasteiger partial charge in [-0.1, -0.05) is 0 Å². The minimum Gasteiger partial charge on any atom is -0.474 e. The second kappa shape index (κ2) is 8.36. The standard InChI is InChI=1S/C23H24FN5O4/c1-11-16(8-28-22-21(11)26-2-3-32-22)15-6-13-7-18(27-9-17(13)20(25)19(15)24)29-23(31)33-14-4-12(5-14)10-30/h6-9,12,14,26,30H,2-5,10,25H2,1H3,(H,27,29,31)/t12-,14+. The van der Waals surface area contributed by atoms with Crippen LogP contribution in [0.5, 0.6) is 5.88 Å². The fourth-order valence-electron chi connectivity index (χ4n) is 4.26. The van der Waals surface area contributed by atoms with Gasteiger partial charge in [0, 0.05) is 42.1 Å². The molecule has 1 fully saturated rings. The average Bonchev–Trinajstić information content (AvgIpc) is 2.79. The highest BCUT2D eigenvalue weighted by atomic mass is 19.1. The number of pyridine rings is 2. The number of anilines is 3. The Hall–Kier alpha value is -3.66. The van der Waals surface area contributed by atoms with Crippen molar-refractivity contribution in [3.05, 3.63) is 35.9 Å². The Kier molecular flexibility index (Phi) is 5.37. The molecule has 5 rings (SSSR count). The molecule has 1 aliphatic carbocycles. The number of hydrogen-bond donors (Lipinski definition) is 4. The van der Waals surface area contributed by atoms with Crippen molar-refractivity contribution in [3.63, 3.8) is 0 Å². The van der Waals surface area contributed by atoms with Crippen molar-refractivity contribution in [2.75, 3.05) is 36.1 Å². The molecule has 2 aromatic heterocycles. The van der Waals surface area contributed by atoms with E-state index >= 15 is 4.39 Å². The lowest BCUT2D eigenvalue weighted by molar-refractivity contribution is 0.00336. The van der Waals surface area contributed by atoms with Gasteiger partial charge in [-0.15, -0.1) is 0 Å². The molecule has 0 radical (unpaired) electrons. The summed E-state index contributed by atoms with van der Waals surface area (Å²) in [6, 6.07) is 3.28. The van der Waals surface area contributed by atoms with E-state index in [-0.39, 0.29) is 30.1 Å². The molecule has 2 aliphatic rings. The maximum Gasteiger partial charge on any atom is 0.413 e. The Balaban J connectivity index is 1.45. The number of nitrogens with zero attached hydrogens (tertiary/aromatic N) is 2. The number of fused-ring (bicyclic) bond motifs is 2. The molecule has 33 heavy (non-hydrogen) atoms. The largest absolute Gasteiger partial charge is 0.474 e. The van der Waals surface area contributed by atoms with Gasteiger partial charge in [0.2, 0.25) is 5.88 Å². The summed E-state index contributed by atoms with van der Waals surface area (Å²) in [5, 5.41) is 16.0. The van der Waals surface area contributed by atoms with Crippen molar-refractivity contribution in [1.82, 2.24) is 9.97 Å². The summed E-state index contributed by atoms with van der Waals surface area (Å²) in [5.74, 6) is 0.371. The first-order chi connectivity index (χ1) is 15.9. The number of aliphatic hydroxyl groups is 1. The molecule has 10 heteroatoms. The zero-order valence-corrected chi connectivity index (χ0v) is 18.0. The van der Waals surface area contributed by atoms with Gasteiger partial charge in [-0.25, -0.2) is 19.2 Å². The molecular formula is C23H24FN5O4. The summed E-state index contributed by atoms with van der Waals surface area (Å²) in [7, 11) is 0. The molecule has 3 aromatic rings. The molecule has 3 heterocycles. The fraction of sp³-hybridized carbons (Fsp3) is 0.348. The zero-order valence-electron chi connectivity index (χ0n) is 18.0. The van der Waals surface area contributed by atoms with Crippen molar-refractivity contribution >= 4 is 34.1 Å². The summed E-state index contributed by atoms with van der Waals surface area (Å²) in [6.07, 6.45) is 3.44. The molecule has 1 aliphatic heterocycles. The Morgan fingerprint density at radius 2 is 2.15 bits per heavy atom. The highest BCUT2D eigenvalue weighted by Crippen LogP contribution is 2.39. The highest BCUT2D eigenvalue weighted by Gasteiger charge is 2.31. The van der Waals surface area contributed by atoms with E-state index in [2.05, 4.69) is 20.6 Å². The minimum atomic E-state index is -0.626. The third-order valence-corrected chi connectivity index (χ3v) is 6.19. The van der Waals surface area contributed by atoms with Crippen LogP contribution in [0.15, 0.2) is 24.5 Å². The van der Waals surface area contributed by atoms with E-state index in [1.807, 2.05) is 6.92 Å². The number of aliphatic hydroxyl groups excluding tert-OH is 1. The van der Waals surface area contributed by atoms with Gasteiger partial charge < -0.3 is 25.6 Å². The Labute approximate surface area is 189 Å². The predicted molar refractivity (Wildman–Crippen MR) is 122 cm³/mol. The number of carbonyl (C=O) groups excluding carboxylic acids is 1. The van der Waals surface area contributed by atoms with E-state index in [1.165, 1.54) is 6.20 Å². The van der Waals surface area contributed by atoms with Crippen molar-refractivity contribution in [2.24, 2.45) is 5.92 Å². The number of benzene rings is 1. The van der Waals surface area contributed by atoms with Crippen LogP contribution in [0, 0.1) is 18.7 Å². The number of nitrogens with two attached hydrogens (primary N) is 1.